The smallest absolute Gasteiger partial charge is 0.252 e. The Labute approximate surface area is 83.1 Å². The molecule has 0 saturated carbocycles. The second kappa shape index (κ2) is 2.74. The maximum Gasteiger partial charge on any atom is 0.252 e. The number of methoxy groups -OCH3 is 1. The first-order valence-corrected chi connectivity index (χ1v) is 4.55. The van der Waals surface area contributed by atoms with Gasteiger partial charge in [-0.2, -0.15) is 0 Å². The summed E-state index contributed by atoms with van der Waals surface area (Å²) in [6.45, 7) is 3.98. The molecular weight excluding hydrogens is 178 g/mol. The highest BCUT2D eigenvalue weighted by Gasteiger charge is 2.34. The zero-order valence-corrected chi connectivity index (χ0v) is 8.55. The van der Waals surface area contributed by atoms with Crippen LogP contribution in [0.5, 0.6) is 5.75 Å². The van der Waals surface area contributed by atoms with Crippen molar-refractivity contribution in [2.75, 3.05) is 7.11 Å². The van der Waals surface area contributed by atoms with Crippen molar-refractivity contribution in [3.63, 3.8) is 0 Å². The summed E-state index contributed by atoms with van der Waals surface area (Å²) in [5.74, 6) is 0.695. The van der Waals surface area contributed by atoms with E-state index >= 15 is 0 Å². The van der Waals surface area contributed by atoms with E-state index in [2.05, 4.69) is 5.32 Å². The number of rotatable bonds is 1. The molecule has 2 rings (SSSR count). The Bertz CT molecular complexity index is 396. The highest BCUT2D eigenvalue weighted by Crippen LogP contribution is 2.32. The summed E-state index contributed by atoms with van der Waals surface area (Å²) in [5, 5.41) is 2.92. The van der Waals surface area contributed by atoms with Crippen molar-refractivity contribution in [2.24, 2.45) is 0 Å². The van der Waals surface area contributed by atoms with E-state index in [1.54, 1.807) is 13.2 Å². The molecule has 0 fully saturated rings. The van der Waals surface area contributed by atoms with Crippen molar-refractivity contribution in [1.82, 2.24) is 5.32 Å². The molecule has 1 N–H and O–H groups in total. The van der Waals surface area contributed by atoms with E-state index in [4.69, 9.17) is 4.74 Å². The van der Waals surface area contributed by atoms with Gasteiger partial charge in [-0.25, -0.2) is 0 Å². The Morgan fingerprint density at radius 2 is 2.07 bits per heavy atom. The largest absolute Gasteiger partial charge is 0.497 e. The Morgan fingerprint density at radius 1 is 1.36 bits per heavy atom. The van der Waals surface area contributed by atoms with E-state index < -0.39 is 0 Å². The first kappa shape index (κ1) is 9.06. The molecule has 1 aliphatic rings. The fraction of sp³-hybridized carbons (Fsp3) is 0.364. The van der Waals surface area contributed by atoms with Crippen LogP contribution >= 0.6 is 0 Å². The van der Waals surface area contributed by atoms with Crippen LogP contribution in [0.15, 0.2) is 18.2 Å². The number of carbonyl (C=O) groups is 1. The number of hydrogen-bond donors (Lipinski definition) is 1. The van der Waals surface area contributed by atoms with Crippen molar-refractivity contribution in [3.8, 4) is 5.75 Å². The number of nitrogens with one attached hydrogen (secondary N) is 1. The zero-order valence-electron chi connectivity index (χ0n) is 8.55. The van der Waals surface area contributed by atoms with Crippen LogP contribution in [-0.4, -0.2) is 13.0 Å². The van der Waals surface area contributed by atoms with Crippen LogP contribution in [-0.2, 0) is 5.54 Å². The molecule has 3 heteroatoms. The van der Waals surface area contributed by atoms with Crippen molar-refractivity contribution in [3.05, 3.63) is 29.3 Å². The van der Waals surface area contributed by atoms with Gasteiger partial charge < -0.3 is 10.1 Å². The van der Waals surface area contributed by atoms with Crippen LogP contribution in [0.25, 0.3) is 0 Å². The van der Waals surface area contributed by atoms with Crippen LogP contribution in [0.4, 0.5) is 0 Å². The molecule has 0 radical (unpaired) electrons. The Morgan fingerprint density at radius 3 is 2.71 bits per heavy atom. The number of amides is 1. The fourth-order valence-corrected chi connectivity index (χ4v) is 1.80. The first-order valence-electron chi connectivity index (χ1n) is 4.55. The number of hydrogen-bond acceptors (Lipinski definition) is 2. The molecule has 1 aromatic rings. The molecule has 0 saturated heterocycles. The zero-order chi connectivity index (χ0) is 10.3. The number of carbonyl (C=O) groups excluding carboxylic acids is 1. The second-order valence-electron chi connectivity index (χ2n) is 3.99. The monoisotopic (exact) mass is 191 g/mol. The number of fused-ring (bicyclic) bond motifs is 1. The lowest BCUT2D eigenvalue weighted by molar-refractivity contribution is 0.0940. The van der Waals surface area contributed by atoms with Gasteiger partial charge in [-0.1, -0.05) is 6.07 Å². The number of ether oxygens (including phenoxy) is 1. The first-order chi connectivity index (χ1) is 6.54. The SMILES string of the molecule is COc1ccc2c(c1)C(=O)NC2(C)C. The molecule has 0 aromatic heterocycles. The van der Waals surface area contributed by atoms with Crippen molar-refractivity contribution < 1.29 is 9.53 Å². The maximum absolute atomic E-state index is 11.6. The quantitative estimate of drug-likeness (QED) is 0.733. The maximum atomic E-state index is 11.6. The van der Waals surface area contributed by atoms with Crippen LogP contribution < -0.4 is 10.1 Å². The van der Waals surface area contributed by atoms with Crippen LogP contribution in [0.1, 0.15) is 29.8 Å². The van der Waals surface area contributed by atoms with Crippen molar-refractivity contribution in [2.45, 2.75) is 19.4 Å². The lowest BCUT2D eigenvalue weighted by Crippen LogP contribution is -2.32. The molecule has 3 nitrogen and oxygen atoms in total. The predicted molar refractivity (Wildman–Crippen MR) is 53.5 cm³/mol. The molecule has 0 atom stereocenters. The highest BCUT2D eigenvalue weighted by molar-refractivity contribution is 6.00. The van der Waals surface area contributed by atoms with Gasteiger partial charge in [0.25, 0.3) is 5.91 Å². The average Bonchev–Trinajstić information content (AvgIpc) is 2.37. The lowest BCUT2D eigenvalue weighted by atomic mass is 9.95. The van der Waals surface area contributed by atoms with Gasteiger partial charge in [0, 0.05) is 5.56 Å². The molecule has 0 bridgehead atoms. The summed E-state index contributed by atoms with van der Waals surface area (Å²) in [6.07, 6.45) is 0. The molecule has 0 unspecified atom stereocenters. The van der Waals surface area contributed by atoms with Gasteiger partial charge in [0.2, 0.25) is 0 Å². The van der Waals surface area contributed by atoms with Gasteiger partial charge in [-0.05, 0) is 31.5 Å². The van der Waals surface area contributed by atoms with Gasteiger partial charge in [0.1, 0.15) is 5.75 Å². The van der Waals surface area contributed by atoms with Crippen LogP contribution in [0.3, 0.4) is 0 Å². The Hall–Kier alpha value is -1.51. The van der Waals surface area contributed by atoms with Gasteiger partial charge in [0.15, 0.2) is 0 Å². The van der Waals surface area contributed by atoms with Crippen LogP contribution in [0.2, 0.25) is 0 Å². The minimum atomic E-state index is -0.265. The van der Waals surface area contributed by atoms with Gasteiger partial charge >= 0.3 is 0 Å². The van der Waals surface area contributed by atoms with Crippen molar-refractivity contribution in [1.29, 1.82) is 0 Å². The van der Waals surface area contributed by atoms with E-state index in [9.17, 15) is 4.79 Å². The predicted octanol–water partition coefficient (Wildman–Crippen LogP) is 1.67. The van der Waals surface area contributed by atoms with E-state index in [0.717, 1.165) is 11.3 Å². The minimum absolute atomic E-state index is 0.0242. The molecule has 1 heterocycles. The second-order valence-corrected chi connectivity index (χ2v) is 3.99. The molecule has 1 amide bonds. The van der Waals surface area contributed by atoms with E-state index in [1.807, 2.05) is 26.0 Å². The normalized spacial score (nSPS) is 17.5. The van der Waals surface area contributed by atoms with E-state index in [1.165, 1.54) is 0 Å². The molecule has 0 aliphatic carbocycles. The summed E-state index contributed by atoms with van der Waals surface area (Å²) in [5.41, 5.74) is 1.48. The standard InChI is InChI=1S/C11H13NO2/c1-11(2)9-5-4-7(14-3)6-8(9)10(13)12-11/h4-6H,1-3H3,(H,12,13). The number of benzene rings is 1. The fourth-order valence-electron chi connectivity index (χ4n) is 1.80. The minimum Gasteiger partial charge on any atom is -0.497 e. The van der Waals surface area contributed by atoms with Gasteiger partial charge in [-0.3, -0.25) is 4.79 Å². The molecule has 1 aromatic carbocycles. The molecule has 14 heavy (non-hydrogen) atoms. The average molecular weight is 191 g/mol. The van der Waals surface area contributed by atoms with E-state index in [0.29, 0.717) is 5.56 Å². The van der Waals surface area contributed by atoms with Crippen molar-refractivity contribution >= 4 is 5.91 Å². The molecule has 1 aliphatic heterocycles. The highest BCUT2D eigenvalue weighted by atomic mass is 16.5. The van der Waals surface area contributed by atoms with E-state index in [-0.39, 0.29) is 11.4 Å². The summed E-state index contributed by atoms with van der Waals surface area (Å²) in [7, 11) is 1.60. The van der Waals surface area contributed by atoms with Crippen LogP contribution in [0, 0.1) is 0 Å². The topological polar surface area (TPSA) is 38.3 Å². The summed E-state index contributed by atoms with van der Waals surface area (Å²) in [6, 6.07) is 5.59. The summed E-state index contributed by atoms with van der Waals surface area (Å²) < 4.78 is 5.08. The molecule has 0 spiro atoms. The third-order valence-corrected chi connectivity index (χ3v) is 2.57. The third-order valence-electron chi connectivity index (χ3n) is 2.57. The Balaban J connectivity index is 2.58. The molecular formula is C11H13NO2. The summed E-state index contributed by atoms with van der Waals surface area (Å²) in [4.78, 5) is 11.6. The third kappa shape index (κ3) is 1.16. The summed E-state index contributed by atoms with van der Waals surface area (Å²) >= 11 is 0. The Kier molecular flexibility index (Phi) is 1.77. The lowest BCUT2D eigenvalue weighted by Gasteiger charge is -2.18. The van der Waals surface area contributed by atoms with Gasteiger partial charge in [0.05, 0.1) is 12.6 Å². The van der Waals surface area contributed by atoms with Gasteiger partial charge in [-0.15, -0.1) is 0 Å². The molecule has 74 valence electrons.